The van der Waals surface area contributed by atoms with Crippen LogP contribution < -0.4 is 10.6 Å². The first kappa shape index (κ1) is 15.7. The molecule has 110 valence electrons. The van der Waals surface area contributed by atoms with Gasteiger partial charge in [0.1, 0.15) is 15.9 Å². The Bertz CT molecular complexity index is 448. The molecule has 1 aliphatic rings. The van der Waals surface area contributed by atoms with Crippen molar-refractivity contribution in [2.75, 3.05) is 18.6 Å². The summed E-state index contributed by atoms with van der Waals surface area (Å²) in [4.78, 5) is 22.4. The number of nitrogens with one attached hydrogen (secondary N) is 2. The van der Waals surface area contributed by atoms with Gasteiger partial charge in [-0.05, 0) is 24.7 Å². The standard InChI is InChI=1S/C11H20N2O5S/c1-7-5-8(7)6-12-11(16)13-9(10(14)15)3-4-19(2,17)18/h7-9H,3-6H2,1-2H3,(H,14,15)(H2,12,13,16). The van der Waals surface area contributed by atoms with Crippen LogP contribution in [0.3, 0.4) is 0 Å². The van der Waals surface area contributed by atoms with Gasteiger partial charge in [0, 0.05) is 12.8 Å². The Morgan fingerprint density at radius 3 is 2.42 bits per heavy atom. The summed E-state index contributed by atoms with van der Waals surface area (Å²) < 4.78 is 22.0. The van der Waals surface area contributed by atoms with Crippen molar-refractivity contribution in [3.63, 3.8) is 0 Å². The molecule has 0 saturated heterocycles. The molecule has 0 aliphatic heterocycles. The summed E-state index contributed by atoms with van der Waals surface area (Å²) in [6.45, 7) is 2.60. The van der Waals surface area contributed by atoms with E-state index in [4.69, 9.17) is 5.11 Å². The van der Waals surface area contributed by atoms with Gasteiger partial charge in [0.15, 0.2) is 0 Å². The first-order valence-electron chi connectivity index (χ1n) is 6.14. The molecule has 2 amide bonds. The Balaban J connectivity index is 2.35. The van der Waals surface area contributed by atoms with E-state index in [9.17, 15) is 18.0 Å². The first-order valence-corrected chi connectivity index (χ1v) is 8.20. The number of carboxylic acid groups (broad SMARTS) is 1. The van der Waals surface area contributed by atoms with Crippen molar-refractivity contribution in [1.82, 2.24) is 10.6 Å². The molecule has 1 rings (SSSR count). The highest BCUT2D eigenvalue weighted by molar-refractivity contribution is 7.90. The van der Waals surface area contributed by atoms with Crippen molar-refractivity contribution in [3.05, 3.63) is 0 Å². The minimum Gasteiger partial charge on any atom is -0.480 e. The van der Waals surface area contributed by atoms with Crippen LogP contribution in [0.4, 0.5) is 4.79 Å². The number of amides is 2. The predicted octanol–water partition coefficient (Wildman–Crippen LogP) is -0.170. The summed E-state index contributed by atoms with van der Waals surface area (Å²) in [7, 11) is -3.25. The van der Waals surface area contributed by atoms with E-state index in [1.165, 1.54) is 0 Å². The predicted molar refractivity (Wildman–Crippen MR) is 69.6 cm³/mol. The molecule has 1 saturated carbocycles. The van der Waals surface area contributed by atoms with E-state index < -0.39 is 27.9 Å². The van der Waals surface area contributed by atoms with Crippen LogP contribution in [0.1, 0.15) is 19.8 Å². The van der Waals surface area contributed by atoms with Gasteiger partial charge in [-0.1, -0.05) is 6.92 Å². The smallest absolute Gasteiger partial charge is 0.326 e. The lowest BCUT2D eigenvalue weighted by atomic mass is 10.2. The van der Waals surface area contributed by atoms with E-state index in [0.717, 1.165) is 12.7 Å². The highest BCUT2D eigenvalue weighted by Crippen LogP contribution is 2.36. The number of hydrogen-bond donors (Lipinski definition) is 3. The largest absolute Gasteiger partial charge is 0.480 e. The van der Waals surface area contributed by atoms with Crippen LogP contribution in [-0.2, 0) is 14.6 Å². The molecule has 0 aromatic heterocycles. The summed E-state index contributed by atoms with van der Waals surface area (Å²) in [6.07, 6.45) is 1.96. The maximum absolute atomic E-state index is 11.5. The molecule has 0 heterocycles. The molecule has 3 N–H and O–H groups in total. The topological polar surface area (TPSA) is 113 Å². The highest BCUT2D eigenvalue weighted by Gasteiger charge is 2.32. The number of carbonyl (C=O) groups excluding carboxylic acids is 1. The molecule has 0 aromatic carbocycles. The monoisotopic (exact) mass is 292 g/mol. The third-order valence-corrected chi connectivity index (χ3v) is 4.16. The summed E-state index contributed by atoms with van der Waals surface area (Å²) in [5.41, 5.74) is 0. The Morgan fingerprint density at radius 2 is 2.00 bits per heavy atom. The number of carboxylic acids is 1. The Labute approximate surface area is 112 Å². The Morgan fingerprint density at radius 1 is 1.42 bits per heavy atom. The van der Waals surface area contributed by atoms with Gasteiger partial charge in [-0.15, -0.1) is 0 Å². The second-order valence-corrected chi connectivity index (χ2v) is 7.40. The van der Waals surface area contributed by atoms with Crippen LogP contribution in [0.15, 0.2) is 0 Å². The van der Waals surface area contributed by atoms with E-state index in [1.54, 1.807) is 0 Å². The average Bonchev–Trinajstić information content (AvgIpc) is 2.96. The summed E-state index contributed by atoms with van der Waals surface area (Å²) in [5.74, 6) is -0.450. The van der Waals surface area contributed by atoms with Gasteiger partial charge < -0.3 is 15.7 Å². The Kier molecular flexibility index (Phi) is 5.16. The number of aliphatic carboxylic acids is 1. The van der Waals surface area contributed by atoms with Crippen molar-refractivity contribution >= 4 is 21.8 Å². The van der Waals surface area contributed by atoms with Crippen molar-refractivity contribution in [2.45, 2.75) is 25.8 Å². The van der Waals surface area contributed by atoms with Crippen LogP contribution in [0.25, 0.3) is 0 Å². The SMILES string of the molecule is CC1CC1CNC(=O)NC(CCS(C)(=O)=O)C(=O)O. The van der Waals surface area contributed by atoms with Crippen LogP contribution in [-0.4, -0.2) is 50.1 Å². The average molecular weight is 292 g/mol. The molecular formula is C11H20N2O5S. The second kappa shape index (κ2) is 6.23. The fraction of sp³-hybridized carbons (Fsp3) is 0.818. The zero-order chi connectivity index (χ0) is 14.6. The maximum atomic E-state index is 11.5. The van der Waals surface area contributed by atoms with Gasteiger partial charge in [-0.2, -0.15) is 0 Å². The molecule has 8 heteroatoms. The summed E-state index contributed by atoms with van der Waals surface area (Å²) >= 11 is 0. The van der Waals surface area contributed by atoms with Crippen molar-refractivity contribution < 1.29 is 23.1 Å². The van der Waals surface area contributed by atoms with Crippen LogP contribution in [0, 0.1) is 11.8 Å². The van der Waals surface area contributed by atoms with Crippen LogP contribution in [0.2, 0.25) is 0 Å². The molecule has 3 unspecified atom stereocenters. The number of rotatable bonds is 7. The molecule has 0 aromatic rings. The van der Waals surface area contributed by atoms with Crippen molar-refractivity contribution in [2.24, 2.45) is 11.8 Å². The van der Waals surface area contributed by atoms with E-state index in [-0.39, 0.29) is 12.2 Å². The van der Waals surface area contributed by atoms with E-state index >= 15 is 0 Å². The van der Waals surface area contributed by atoms with E-state index in [2.05, 4.69) is 17.6 Å². The normalized spacial score (nSPS) is 23.5. The number of sulfone groups is 1. The fourth-order valence-electron chi connectivity index (χ4n) is 1.71. The lowest BCUT2D eigenvalue weighted by Crippen LogP contribution is -2.47. The molecule has 1 fully saturated rings. The van der Waals surface area contributed by atoms with Gasteiger partial charge in [-0.3, -0.25) is 0 Å². The number of hydrogen-bond acceptors (Lipinski definition) is 4. The molecule has 3 atom stereocenters. The van der Waals surface area contributed by atoms with E-state index in [1.807, 2.05) is 0 Å². The molecule has 0 radical (unpaired) electrons. The van der Waals surface area contributed by atoms with Crippen LogP contribution >= 0.6 is 0 Å². The molecule has 1 aliphatic carbocycles. The third-order valence-electron chi connectivity index (χ3n) is 3.18. The van der Waals surface area contributed by atoms with Gasteiger partial charge in [0.25, 0.3) is 0 Å². The summed E-state index contributed by atoms with van der Waals surface area (Å²) in [5, 5.41) is 13.8. The number of urea groups is 1. The van der Waals surface area contributed by atoms with Crippen molar-refractivity contribution in [3.8, 4) is 0 Å². The number of carbonyl (C=O) groups is 2. The first-order chi connectivity index (χ1) is 8.69. The van der Waals surface area contributed by atoms with Gasteiger partial charge in [-0.25, -0.2) is 18.0 Å². The van der Waals surface area contributed by atoms with Gasteiger partial charge in [0.05, 0.1) is 5.75 Å². The molecular weight excluding hydrogens is 272 g/mol. The third kappa shape index (κ3) is 6.42. The van der Waals surface area contributed by atoms with Crippen molar-refractivity contribution in [1.29, 1.82) is 0 Å². The molecule has 19 heavy (non-hydrogen) atoms. The Hall–Kier alpha value is -1.31. The van der Waals surface area contributed by atoms with Crippen LogP contribution in [0.5, 0.6) is 0 Å². The minimum absolute atomic E-state index is 0.137. The highest BCUT2D eigenvalue weighted by atomic mass is 32.2. The quantitative estimate of drug-likeness (QED) is 0.603. The molecule has 7 nitrogen and oxygen atoms in total. The minimum atomic E-state index is -3.25. The maximum Gasteiger partial charge on any atom is 0.326 e. The van der Waals surface area contributed by atoms with Gasteiger partial charge >= 0.3 is 12.0 Å². The second-order valence-electron chi connectivity index (χ2n) is 5.14. The lowest BCUT2D eigenvalue weighted by molar-refractivity contribution is -0.139. The van der Waals surface area contributed by atoms with Gasteiger partial charge in [0.2, 0.25) is 0 Å². The zero-order valence-corrected chi connectivity index (χ0v) is 11.9. The van der Waals surface area contributed by atoms with E-state index in [0.29, 0.717) is 18.4 Å². The molecule has 0 spiro atoms. The fourth-order valence-corrected chi connectivity index (χ4v) is 2.37. The summed E-state index contributed by atoms with van der Waals surface area (Å²) in [6, 6.07) is -1.76. The lowest BCUT2D eigenvalue weighted by Gasteiger charge is -2.14. The zero-order valence-electron chi connectivity index (χ0n) is 11.0. The molecule has 0 bridgehead atoms.